The van der Waals surface area contributed by atoms with Crippen molar-refractivity contribution in [1.82, 2.24) is 5.32 Å². The minimum atomic E-state index is -0.871. The minimum Gasteiger partial charge on any atom is -0.309 e. The Balaban J connectivity index is 2.02. The zero-order valence-electron chi connectivity index (χ0n) is 12.7. The van der Waals surface area contributed by atoms with E-state index < -0.39 is 10.8 Å². The molecule has 0 heterocycles. The third-order valence-electron chi connectivity index (χ3n) is 3.45. The summed E-state index contributed by atoms with van der Waals surface area (Å²) in [4.78, 5) is 0. The van der Waals surface area contributed by atoms with Gasteiger partial charge in [0, 0.05) is 28.3 Å². The summed E-state index contributed by atoms with van der Waals surface area (Å²) in [6.07, 6.45) is 0. The van der Waals surface area contributed by atoms with Crippen LogP contribution in [0, 0.1) is 6.92 Å². The van der Waals surface area contributed by atoms with Crippen LogP contribution in [0.5, 0.6) is 0 Å². The van der Waals surface area contributed by atoms with Crippen molar-refractivity contribution in [2.24, 2.45) is 0 Å². The van der Waals surface area contributed by atoms with E-state index in [9.17, 15) is 4.21 Å². The molecule has 0 aliphatic heterocycles. The molecule has 3 heteroatoms. The zero-order valence-corrected chi connectivity index (χ0v) is 13.5. The fraction of sp³-hybridized carbons (Fsp3) is 0.333. The summed E-state index contributed by atoms with van der Waals surface area (Å²) in [5.74, 6) is 1.26. The quantitative estimate of drug-likeness (QED) is 0.846. The molecule has 0 saturated carbocycles. The fourth-order valence-electron chi connectivity index (χ4n) is 2.32. The van der Waals surface area contributed by atoms with Gasteiger partial charge >= 0.3 is 0 Å². The van der Waals surface area contributed by atoms with Crippen molar-refractivity contribution >= 4 is 10.8 Å². The molecular weight excluding hydrogens is 278 g/mol. The summed E-state index contributed by atoms with van der Waals surface area (Å²) in [5, 5.41) is 3.44. The van der Waals surface area contributed by atoms with Gasteiger partial charge in [0.05, 0.1) is 0 Å². The van der Waals surface area contributed by atoms with Crippen LogP contribution in [0.15, 0.2) is 54.6 Å². The molecule has 112 valence electrons. The molecule has 0 fully saturated rings. The van der Waals surface area contributed by atoms with Crippen molar-refractivity contribution in [2.45, 2.75) is 25.6 Å². The summed E-state index contributed by atoms with van der Waals surface area (Å²) in [6, 6.07) is 18.7. The number of benzene rings is 2. The van der Waals surface area contributed by atoms with Crippen molar-refractivity contribution in [3.63, 3.8) is 0 Å². The lowest BCUT2D eigenvalue weighted by molar-refractivity contribution is 0.594. The molecule has 2 nitrogen and oxygen atoms in total. The van der Waals surface area contributed by atoms with E-state index in [0.717, 1.165) is 12.1 Å². The smallest absolute Gasteiger partial charge is 0.0486 e. The van der Waals surface area contributed by atoms with Gasteiger partial charge in [-0.2, -0.15) is 0 Å². The van der Waals surface area contributed by atoms with Gasteiger partial charge < -0.3 is 5.32 Å². The van der Waals surface area contributed by atoms with E-state index in [2.05, 4.69) is 43.4 Å². The molecule has 0 aliphatic carbocycles. The molecule has 0 aromatic heterocycles. The average molecular weight is 301 g/mol. The standard InChI is InChI=1S/C18H23NOS/c1-3-19-18(17-11-9-15(2)10-12-17)14-21(20)13-16-7-5-4-6-8-16/h4-12,18-19H,3,13-14H2,1-2H3. The first-order valence-corrected chi connectivity index (χ1v) is 8.86. The predicted molar refractivity (Wildman–Crippen MR) is 90.8 cm³/mol. The molecule has 2 atom stereocenters. The topological polar surface area (TPSA) is 29.1 Å². The van der Waals surface area contributed by atoms with E-state index in [0.29, 0.717) is 11.5 Å². The summed E-state index contributed by atoms with van der Waals surface area (Å²) in [6.45, 7) is 5.04. The first-order valence-electron chi connectivity index (χ1n) is 7.38. The third kappa shape index (κ3) is 5.10. The van der Waals surface area contributed by atoms with Crippen LogP contribution in [0.2, 0.25) is 0 Å². The van der Waals surface area contributed by atoms with Gasteiger partial charge in [-0.3, -0.25) is 4.21 Å². The fourth-order valence-corrected chi connectivity index (χ4v) is 3.69. The Labute approximate surface area is 130 Å². The summed E-state index contributed by atoms with van der Waals surface area (Å²) < 4.78 is 12.4. The van der Waals surface area contributed by atoms with Crippen molar-refractivity contribution in [3.05, 3.63) is 71.3 Å². The van der Waals surface area contributed by atoms with Gasteiger partial charge in [-0.05, 0) is 24.6 Å². The van der Waals surface area contributed by atoms with Crippen LogP contribution in [0.4, 0.5) is 0 Å². The first kappa shape index (κ1) is 15.9. The predicted octanol–water partition coefficient (Wildman–Crippen LogP) is 3.59. The van der Waals surface area contributed by atoms with Crippen LogP contribution in [0.1, 0.15) is 29.7 Å². The normalized spacial score (nSPS) is 13.8. The average Bonchev–Trinajstić information content (AvgIpc) is 2.48. The number of hydrogen-bond donors (Lipinski definition) is 1. The van der Waals surface area contributed by atoms with Gasteiger partial charge in [-0.25, -0.2) is 0 Å². The SMILES string of the molecule is CCNC(CS(=O)Cc1ccccc1)c1ccc(C)cc1. The van der Waals surface area contributed by atoms with Crippen LogP contribution in [0.3, 0.4) is 0 Å². The number of rotatable bonds is 7. The van der Waals surface area contributed by atoms with E-state index >= 15 is 0 Å². The van der Waals surface area contributed by atoms with E-state index in [-0.39, 0.29) is 6.04 Å². The van der Waals surface area contributed by atoms with Gasteiger partial charge in [0.15, 0.2) is 0 Å². The molecule has 0 saturated heterocycles. The van der Waals surface area contributed by atoms with Gasteiger partial charge in [0.1, 0.15) is 0 Å². The van der Waals surface area contributed by atoms with Crippen LogP contribution in [-0.4, -0.2) is 16.5 Å². The maximum Gasteiger partial charge on any atom is 0.0486 e. The Kier molecular flexibility index (Phi) is 6.15. The van der Waals surface area contributed by atoms with Gasteiger partial charge in [-0.15, -0.1) is 0 Å². The molecule has 21 heavy (non-hydrogen) atoms. The van der Waals surface area contributed by atoms with Crippen LogP contribution in [0.25, 0.3) is 0 Å². The lowest BCUT2D eigenvalue weighted by atomic mass is 10.1. The molecule has 2 aromatic rings. The van der Waals surface area contributed by atoms with E-state index in [1.165, 1.54) is 11.1 Å². The molecule has 2 rings (SSSR count). The van der Waals surface area contributed by atoms with Crippen molar-refractivity contribution in [3.8, 4) is 0 Å². The molecule has 2 unspecified atom stereocenters. The van der Waals surface area contributed by atoms with E-state index in [1.54, 1.807) is 0 Å². The Morgan fingerprint density at radius 3 is 2.33 bits per heavy atom. The van der Waals surface area contributed by atoms with Crippen molar-refractivity contribution in [2.75, 3.05) is 12.3 Å². The molecule has 2 aromatic carbocycles. The molecule has 0 spiro atoms. The largest absolute Gasteiger partial charge is 0.309 e. The van der Waals surface area contributed by atoms with Crippen LogP contribution in [-0.2, 0) is 16.6 Å². The summed E-state index contributed by atoms with van der Waals surface area (Å²) in [7, 11) is -0.871. The highest BCUT2D eigenvalue weighted by Gasteiger charge is 2.14. The highest BCUT2D eigenvalue weighted by molar-refractivity contribution is 7.84. The van der Waals surface area contributed by atoms with Crippen molar-refractivity contribution in [1.29, 1.82) is 0 Å². The maximum absolute atomic E-state index is 12.4. The Bertz CT molecular complexity index is 566. The molecule has 0 amide bonds. The number of nitrogens with one attached hydrogen (secondary N) is 1. The minimum absolute atomic E-state index is 0.153. The van der Waals surface area contributed by atoms with Gasteiger partial charge in [0.25, 0.3) is 0 Å². The molecule has 1 N–H and O–H groups in total. The van der Waals surface area contributed by atoms with E-state index in [1.807, 2.05) is 30.3 Å². The molecule has 0 aliphatic rings. The second-order valence-corrected chi connectivity index (χ2v) is 6.76. The Morgan fingerprint density at radius 1 is 1.05 bits per heavy atom. The van der Waals surface area contributed by atoms with Crippen molar-refractivity contribution < 1.29 is 4.21 Å². The summed E-state index contributed by atoms with van der Waals surface area (Å²) in [5.41, 5.74) is 3.60. The van der Waals surface area contributed by atoms with E-state index in [4.69, 9.17) is 0 Å². The van der Waals surface area contributed by atoms with Gasteiger partial charge in [0.2, 0.25) is 0 Å². The maximum atomic E-state index is 12.4. The lowest BCUT2D eigenvalue weighted by Crippen LogP contribution is -2.26. The zero-order chi connectivity index (χ0) is 15.1. The number of hydrogen-bond acceptors (Lipinski definition) is 2. The van der Waals surface area contributed by atoms with Crippen LogP contribution < -0.4 is 5.32 Å². The first-order chi connectivity index (χ1) is 10.2. The summed E-state index contributed by atoms with van der Waals surface area (Å²) >= 11 is 0. The second-order valence-electron chi connectivity index (χ2n) is 5.26. The Morgan fingerprint density at radius 2 is 1.71 bits per heavy atom. The van der Waals surface area contributed by atoms with Crippen LogP contribution >= 0.6 is 0 Å². The monoisotopic (exact) mass is 301 g/mol. The Hall–Kier alpha value is -1.45. The molecular formula is C18H23NOS. The molecule has 0 bridgehead atoms. The number of aryl methyl sites for hydroxylation is 1. The third-order valence-corrected chi connectivity index (χ3v) is 4.81. The lowest BCUT2D eigenvalue weighted by Gasteiger charge is -2.18. The van der Waals surface area contributed by atoms with Gasteiger partial charge in [-0.1, -0.05) is 67.1 Å². The second kappa shape index (κ2) is 8.11. The highest BCUT2D eigenvalue weighted by atomic mass is 32.2. The highest BCUT2D eigenvalue weighted by Crippen LogP contribution is 2.16. The molecule has 0 radical (unpaired) electrons.